The molecular weight excluding hydrogens is 292 g/mol. The second-order valence-electron chi connectivity index (χ2n) is 4.58. The number of carbonyl (C=O) groups excluding carboxylic acids is 1. The first-order valence-corrected chi connectivity index (χ1v) is 6.83. The molecule has 1 aliphatic heterocycles. The van der Waals surface area contributed by atoms with Crippen LogP contribution in [0.2, 0.25) is 0 Å². The first kappa shape index (κ1) is 13.3. The highest BCUT2D eigenvalue weighted by Gasteiger charge is 2.17. The van der Waals surface area contributed by atoms with E-state index in [0.29, 0.717) is 0 Å². The Morgan fingerprint density at radius 2 is 1.94 bits per heavy atom. The van der Waals surface area contributed by atoms with Gasteiger partial charge in [-0.15, -0.1) is 0 Å². The molecule has 2 N–H and O–H groups in total. The minimum atomic E-state index is 0.0224. The van der Waals surface area contributed by atoms with Crippen LogP contribution in [-0.2, 0) is 4.79 Å². The fraction of sp³-hybridized carbons (Fsp3) is 0.357. The third-order valence-corrected chi connectivity index (χ3v) is 3.79. The quantitative estimate of drug-likeness (QED) is 0.843. The molecule has 2 rings (SSSR count). The van der Waals surface area contributed by atoms with E-state index in [9.17, 15) is 4.79 Å². The second kappa shape index (κ2) is 5.67. The highest BCUT2D eigenvalue weighted by Crippen LogP contribution is 2.17. The SMILES string of the molecule is CC(C(=O)N[C@@H](C)c1ccc(Br)cc1)=C1CNC1. The molecule has 0 saturated carbocycles. The summed E-state index contributed by atoms with van der Waals surface area (Å²) in [5, 5.41) is 6.17. The molecule has 1 aromatic rings. The number of hydrogen-bond acceptors (Lipinski definition) is 2. The fourth-order valence-electron chi connectivity index (χ4n) is 1.82. The topological polar surface area (TPSA) is 41.1 Å². The van der Waals surface area contributed by atoms with E-state index in [2.05, 4.69) is 26.6 Å². The Hall–Kier alpha value is -1.13. The molecule has 1 fully saturated rings. The van der Waals surface area contributed by atoms with Gasteiger partial charge in [-0.25, -0.2) is 0 Å². The van der Waals surface area contributed by atoms with Crippen LogP contribution in [0.3, 0.4) is 0 Å². The van der Waals surface area contributed by atoms with Gasteiger partial charge in [-0.05, 0) is 37.1 Å². The molecule has 1 atom stereocenters. The zero-order valence-corrected chi connectivity index (χ0v) is 12.2. The van der Waals surface area contributed by atoms with Crippen molar-refractivity contribution in [2.24, 2.45) is 0 Å². The molecule has 0 bridgehead atoms. The number of nitrogens with one attached hydrogen (secondary N) is 2. The Morgan fingerprint density at radius 1 is 1.33 bits per heavy atom. The van der Waals surface area contributed by atoms with Gasteiger partial charge in [0.1, 0.15) is 0 Å². The van der Waals surface area contributed by atoms with Crippen LogP contribution < -0.4 is 10.6 Å². The summed E-state index contributed by atoms with van der Waals surface area (Å²) in [5.41, 5.74) is 3.16. The summed E-state index contributed by atoms with van der Waals surface area (Å²) >= 11 is 3.40. The molecule has 0 unspecified atom stereocenters. The van der Waals surface area contributed by atoms with Crippen LogP contribution in [0, 0.1) is 0 Å². The van der Waals surface area contributed by atoms with Crippen LogP contribution in [0.5, 0.6) is 0 Å². The summed E-state index contributed by atoms with van der Waals surface area (Å²) in [7, 11) is 0. The number of halogens is 1. The van der Waals surface area contributed by atoms with E-state index in [1.807, 2.05) is 38.1 Å². The van der Waals surface area contributed by atoms with Crippen molar-refractivity contribution in [3.8, 4) is 0 Å². The Morgan fingerprint density at radius 3 is 2.44 bits per heavy atom. The first-order valence-electron chi connectivity index (χ1n) is 6.03. The van der Waals surface area contributed by atoms with Gasteiger partial charge in [-0.1, -0.05) is 28.1 Å². The lowest BCUT2D eigenvalue weighted by molar-refractivity contribution is -0.118. The second-order valence-corrected chi connectivity index (χ2v) is 5.49. The van der Waals surface area contributed by atoms with Gasteiger partial charge in [0, 0.05) is 23.1 Å². The molecule has 1 amide bonds. The van der Waals surface area contributed by atoms with E-state index in [1.165, 1.54) is 5.57 Å². The minimum Gasteiger partial charge on any atom is -0.346 e. The fourth-order valence-corrected chi connectivity index (χ4v) is 2.08. The van der Waals surface area contributed by atoms with Crippen LogP contribution >= 0.6 is 15.9 Å². The van der Waals surface area contributed by atoms with Gasteiger partial charge in [0.05, 0.1) is 6.04 Å². The van der Waals surface area contributed by atoms with Crippen molar-refractivity contribution in [3.05, 3.63) is 45.4 Å². The minimum absolute atomic E-state index is 0.0224. The van der Waals surface area contributed by atoms with Gasteiger partial charge in [0.25, 0.3) is 0 Å². The molecule has 0 aromatic heterocycles. The lowest BCUT2D eigenvalue weighted by atomic mass is 10.0. The smallest absolute Gasteiger partial charge is 0.247 e. The van der Waals surface area contributed by atoms with Crippen molar-refractivity contribution in [1.29, 1.82) is 0 Å². The molecule has 3 nitrogen and oxygen atoms in total. The molecule has 0 spiro atoms. The molecule has 4 heteroatoms. The maximum absolute atomic E-state index is 12.0. The largest absolute Gasteiger partial charge is 0.346 e. The summed E-state index contributed by atoms with van der Waals surface area (Å²) in [6.07, 6.45) is 0. The monoisotopic (exact) mass is 308 g/mol. The standard InChI is InChI=1S/C14H17BrN2O/c1-9(12-7-16-8-12)14(18)17-10(2)11-3-5-13(15)6-4-11/h3-6,10,16H,7-8H2,1-2H3,(H,17,18)/t10-/m0/s1. The molecule has 0 aliphatic carbocycles. The Kier molecular flexibility index (Phi) is 4.19. The number of amides is 1. The lowest BCUT2D eigenvalue weighted by Gasteiger charge is -2.22. The molecule has 1 heterocycles. The van der Waals surface area contributed by atoms with E-state index in [1.54, 1.807) is 0 Å². The van der Waals surface area contributed by atoms with Crippen LogP contribution in [0.15, 0.2) is 39.9 Å². The summed E-state index contributed by atoms with van der Waals surface area (Å²) < 4.78 is 1.05. The van der Waals surface area contributed by atoms with Gasteiger partial charge in [0.15, 0.2) is 0 Å². The van der Waals surface area contributed by atoms with Gasteiger partial charge in [-0.3, -0.25) is 4.79 Å². The molecule has 96 valence electrons. The predicted octanol–water partition coefficient (Wildman–Crippen LogP) is 2.55. The summed E-state index contributed by atoms with van der Waals surface area (Å²) in [4.78, 5) is 12.0. The molecule has 1 saturated heterocycles. The van der Waals surface area contributed by atoms with E-state index < -0.39 is 0 Å². The summed E-state index contributed by atoms with van der Waals surface area (Å²) in [6, 6.07) is 8.03. The van der Waals surface area contributed by atoms with E-state index in [-0.39, 0.29) is 11.9 Å². The van der Waals surface area contributed by atoms with Crippen LogP contribution in [-0.4, -0.2) is 19.0 Å². The van der Waals surface area contributed by atoms with Gasteiger partial charge < -0.3 is 10.6 Å². The molecule has 1 aliphatic rings. The third kappa shape index (κ3) is 3.00. The number of benzene rings is 1. The van der Waals surface area contributed by atoms with E-state index >= 15 is 0 Å². The average Bonchev–Trinajstić information content (AvgIpc) is 2.27. The van der Waals surface area contributed by atoms with Crippen LogP contribution in [0.25, 0.3) is 0 Å². The summed E-state index contributed by atoms with van der Waals surface area (Å²) in [5.74, 6) is 0.0296. The highest BCUT2D eigenvalue weighted by atomic mass is 79.9. The Bertz CT molecular complexity index is 473. The van der Waals surface area contributed by atoms with Crippen molar-refractivity contribution >= 4 is 21.8 Å². The maximum atomic E-state index is 12.0. The van der Waals surface area contributed by atoms with Crippen molar-refractivity contribution in [2.45, 2.75) is 19.9 Å². The first-order chi connectivity index (χ1) is 8.58. The maximum Gasteiger partial charge on any atom is 0.247 e. The lowest BCUT2D eigenvalue weighted by Crippen LogP contribution is -2.38. The number of rotatable bonds is 3. The normalized spacial score (nSPS) is 15.8. The van der Waals surface area contributed by atoms with Crippen molar-refractivity contribution in [2.75, 3.05) is 13.1 Å². The predicted molar refractivity (Wildman–Crippen MR) is 76.3 cm³/mol. The average molecular weight is 309 g/mol. The zero-order valence-electron chi connectivity index (χ0n) is 10.6. The zero-order chi connectivity index (χ0) is 13.1. The number of hydrogen-bond donors (Lipinski definition) is 2. The molecule has 18 heavy (non-hydrogen) atoms. The molecule has 1 aromatic carbocycles. The van der Waals surface area contributed by atoms with E-state index in [4.69, 9.17) is 0 Å². The summed E-state index contributed by atoms with van der Waals surface area (Å²) in [6.45, 7) is 5.57. The van der Waals surface area contributed by atoms with Crippen molar-refractivity contribution < 1.29 is 4.79 Å². The number of carbonyl (C=O) groups is 1. The van der Waals surface area contributed by atoms with Gasteiger partial charge >= 0.3 is 0 Å². The Labute approximate surface area is 116 Å². The molecule has 0 radical (unpaired) electrons. The van der Waals surface area contributed by atoms with Crippen molar-refractivity contribution in [3.63, 3.8) is 0 Å². The Balaban J connectivity index is 2.01. The highest BCUT2D eigenvalue weighted by molar-refractivity contribution is 9.10. The van der Waals surface area contributed by atoms with Crippen LogP contribution in [0.4, 0.5) is 0 Å². The van der Waals surface area contributed by atoms with E-state index in [0.717, 1.165) is 28.7 Å². The van der Waals surface area contributed by atoms with Crippen LogP contribution in [0.1, 0.15) is 25.5 Å². The van der Waals surface area contributed by atoms with Crippen molar-refractivity contribution in [1.82, 2.24) is 10.6 Å². The van der Waals surface area contributed by atoms with Gasteiger partial charge in [0.2, 0.25) is 5.91 Å². The third-order valence-electron chi connectivity index (χ3n) is 3.27. The molecular formula is C14H17BrN2O. The van der Waals surface area contributed by atoms with Gasteiger partial charge in [-0.2, -0.15) is 0 Å².